The molecule has 0 aliphatic heterocycles. The Hall–Kier alpha value is -2.04. The number of carboxylic acids is 1. The highest BCUT2D eigenvalue weighted by atomic mass is 16.4. The lowest BCUT2D eigenvalue weighted by Crippen LogP contribution is -2.47. The Morgan fingerprint density at radius 1 is 1.35 bits per heavy atom. The van der Waals surface area contributed by atoms with Crippen LogP contribution in [0.2, 0.25) is 0 Å². The molecule has 0 aromatic heterocycles. The predicted octanol–water partition coefficient (Wildman–Crippen LogP) is 1.74. The molecule has 1 fully saturated rings. The summed E-state index contributed by atoms with van der Waals surface area (Å²) >= 11 is 0. The number of amides is 1. The molecule has 2 rings (SSSR count). The van der Waals surface area contributed by atoms with Crippen LogP contribution in [0.3, 0.4) is 0 Å². The van der Waals surface area contributed by atoms with E-state index < -0.39 is 11.4 Å². The zero-order valence-corrected chi connectivity index (χ0v) is 11.8. The van der Waals surface area contributed by atoms with Crippen molar-refractivity contribution < 1.29 is 14.7 Å². The minimum Gasteiger partial charge on any atom is -0.481 e. The number of hydrogen-bond acceptors (Lipinski definition) is 3. The SMILES string of the molecule is CN(C)c1cccc(C(=O)NCC2(C(=O)O)CCC2)c1. The maximum atomic E-state index is 12.1. The highest BCUT2D eigenvalue weighted by molar-refractivity contribution is 5.95. The molecule has 1 aliphatic carbocycles. The van der Waals surface area contributed by atoms with Crippen molar-refractivity contribution in [3.05, 3.63) is 29.8 Å². The van der Waals surface area contributed by atoms with Gasteiger partial charge in [0.1, 0.15) is 0 Å². The van der Waals surface area contributed by atoms with Gasteiger partial charge in [-0.2, -0.15) is 0 Å². The fourth-order valence-corrected chi connectivity index (χ4v) is 2.35. The second-order valence-electron chi connectivity index (χ2n) is 5.57. The monoisotopic (exact) mass is 276 g/mol. The van der Waals surface area contributed by atoms with Crippen molar-refractivity contribution in [3.8, 4) is 0 Å². The van der Waals surface area contributed by atoms with E-state index in [2.05, 4.69) is 5.32 Å². The molecule has 20 heavy (non-hydrogen) atoms. The van der Waals surface area contributed by atoms with E-state index in [9.17, 15) is 14.7 Å². The fourth-order valence-electron chi connectivity index (χ4n) is 2.35. The summed E-state index contributed by atoms with van der Waals surface area (Å²) in [6.45, 7) is 0.202. The number of hydrogen-bond donors (Lipinski definition) is 2. The van der Waals surface area contributed by atoms with Gasteiger partial charge in [0.05, 0.1) is 5.41 Å². The van der Waals surface area contributed by atoms with Crippen molar-refractivity contribution in [2.45, 2.75) is 19.3 Å². The quantitative estimate of drug-likeness (QED) is 0.859. The van der Waals surface area contributed by atoms with E-state index in [1.165, 1.54) is 0 Å². The standard InChI is InChI=1S/C15H20N2O3/c1-17(2)12-6-3-5-11(9-12)13(18)16-10-15(14(19)20)7-4-8-15/h3,5-6,9H,4,7-8,10H2,1-2H3,(H,16,18)(H,19,20). The molecule has 1 amide bonds. The van der Waals surface area contributed by atoms with E-state index in [1.807, 2.05) is 31.1 Å². The number of anilines is 1. The summed E-state index contributed by atoms with van der Waals surface area (Å²) in [4.78, 5) is 25.3. The summed E-state index contributed by atoms with van der Waals surface area (Å²) < 4.78 is 0. The number of rotatable bonds is 5. The minimum atomic E-state index is -0.814. The average molecular weight is 276 g/mol. The molecule has 0 spiro atoms. The Labute approximate surface area is 118 Å². The lowest BCUT2D eigenvalue weighted by molar-refractivity contribution is -0.153. The van der Waals surface area contributed by atoms with Crippen LogP contribution in [0.15, 0.2) is 24.3 Å². The summed E-state index contributed by atoms with van der Waals surface area (Å²) in [5.41, 5.74) is 0.736. The molecule has 0 saturated heterocycles. The van der Waals surface area contributed by atoms with Crippen LogP contribution >= 0.6 is 0 Å². The van der Waals surface area contributed by atoms with E-state index in [0.29, 0.717) is 18.4 Å². The second kappa shape index (κ2) is 5.53. The summed E-state index contributed by atoms with van der Waals surface area (Å²) in [6, 6.07) is 7.27. The lowest BCUT2D eigenvalue weighted by Gasteiger charge is -2.37. The third-order valence-corrected chi connectivity index (χ3v) is 3.98. The zero-order chi connectivity index (χ0) is 14.8. The molecule has 5 heteroatoms. The third kappa shape index (κ3) is 2.76. The third-order valence-electron chi connectivity index (χ3n) is 3.98. The lowest BCUT2D eigenvalue weighted by atomic mass is 9.69. The van der Waals surface area contributed by atoms with Gasteiger partial charge in [-0.1, -0.05) is 12.5 Å². The van der Waals surface area contributed by atoms with Crippen molar-refractivity contribution >= 4 is 17.6 Å². The van der Waals surface area contributed by atoms with E-state index >= 15 is 0 Å². The van der Waals surface area contributed by atoms with E-state index in [4.69, 9.17) is 0 Å². The Kier molecular flexibility index (Phi) is 3.97. The molecular formula is C15H20N2O3. The first-order valence-electron chi connectivity index (χ1n) is 6.74. The molecule has 0 heterocycles. The fraction of sp³-hybridized carbons (Fsp3) is 0.467. The molecule has 0 bridgehead atoms. The number of nitrogens with one attached hydrogen (secondary N) is 1. The van der Waals surface area contributed by atoms with Crippen molar-refractivity contribution in [3.63, 3.8) is 0 Å². The van der Waals surface area contributed by atoms with Crippen molar-refractivity contribution in [1.29, 1.82) is 0 Å². The normalized spacial score (nSPS) is 16.1. The van der Waals surface area contributed by atoms with Gasteiger partial charge in [0.15, 0.2) is 0 Å². The minimum absolute atomic E-state index is 0.202. The van der Waals surface area contributed by atoms with Gasteiger partial charge < -0.3 is 15.3 Å². The zero-order valence-electron chi connectivity index (χ0n) is 11.8. The number of carboxylic acid groups (broad SMARTS) is 1. The maximum absolute atomic E-state index is 12.1. The summed E-state index contributed by atoms with van der Waals surface area (Å²) in [7, 11) is 3.82. The van der Waals surface area contributed by atoms with Gasteiger partial charge in [-0.15, -0.1) is 0 Å². The van der Waals surface area contributed by atoms with E-state index in [-0.39, 0.29) is 12.5 Å². The number of carbonyl (C=O) groups excluding carboxylic acids is 1. The number of benzene rings is 1. The van der Waals surface area contributed by atoms with Crippen LogP contribution in [0, 0.1) is 5.41 Å². The van der Waals surface area contributed by atoms with Crippen LogP contribution in [0.5, 0.6) is 0 Å². The predicted molar refractivity (Wildman–Crippen MR) is 77.0 cm³/mol. The molecule has 1 aromatic carbocycles. The Morgan fingerprint density at radius 3 is 2.55 bits per heavy atom. The number of nitrogens with zero attached hydrogens (tertiary/aromatic N) is 1. The molecule has 108 valence electrons. The van der Waals surface area contributed by atoms with Gasteiger partial charge >= 0.3 is 5.97 Å². The first-order valence-corrected chi connectivity index (χ1v) is 6.74. The summed E-state index contributed by atoms with van der Waals surface area (Å²) in [6.07, 6.45) is 2.19. The van der Waals surface area contributed by atoms with Gasteiger partial charge in [-0.25, -0.2) is 0 Å². The average Bonchev–Trinajstić information content (AvgIpc) is 2.37. The second-order valence-corrected chi connectivity index (χ2v) is 5.57. The number of aliphatic carboxylic acids is 1. The summed E-state index contributed by atoms with van der Waals surface area (Å²) in [5.74, 6) is -1.03. The molecule has 1 aromatic rings. The summed E-state index contributed by atoms with van der Waals surface area (Å²) in [5, 5.41) is 12.0. The largest absolute Gasteiger partial charge is 0.481 e. The van der Waals surface area contributed by atoms with Crippen LogP contribution in [0.4, 0.5) is 5.69 Å². The van der Waals surface area contributed by atoms with Crippen LogP contribution < -0.4 is 10.2 Å². The first kappa shape index (κ1) is 14.4. The molecular weight excluding hydrogens is 256 g/mol. The van der Waals surface area contributed by atoms with Gasteiger partial charge in [0.2, 0.25) is 0 Å². The van der Waals surface area contributed by atoms with Gasteiger partial charge in [-0.05, 0) is 31.0 Å². The maximum Gasteiger partial charge on any atom is 0.311 e. The first-order chi connectivity index (χ1) is 9.44. The highest BCUT2D eigenvalue weighted by Gasteiger charge is 2.44. The van der Waals surface area contributed by atoms with Crippen molar-refractivity contribution in [1.82, 2.24) is 5.32 Å². The molecule has 1 saturated carbocycles. The van der Waals surface area contributed by atoms with E-state index in [0.717, 1.165) is 12.1 Å². The van der Waals surface area contributed by atoms with Gasteiger partial charge in [0, 0.05) is 31.9 Å². The Bertz CT molecular complexity index is 522. The van der Waals surface area contributed by atoms with Crippen molar-refractivity contribution in [2.24, 2.45) is 5.41 Å². The highest BCUT2D eigenvalue weighted by Crippen LogP contribution is 2.40. The van der Waals surface area contributed by atoms with Crippen molar-refractivity contribution in [2.75, 3.05) is 25.5 Å². The number of carbonyl (C=O) groups is 2. The van der Waals surface area contributed by atoms with Gasteiger partial charge in [0.25, 0.3) is 5.91 Å². The van der Waals surface area contributed by atoms with Crippen LogP contribution in [0.1, 0.15) is 29.6 Å². The van der Waals surface area contributed by atoms with Crippen LogP contribution in [-0.4, -0.2) is 37.6 Å². The molecule has 2 N–H and O–H groups in total. The Morgan fingerprint density at radius 2 is 2.05 bits per heavy atom. The van der Waals surface area contributed by atoms with Gasteiger partial charge in [-0.3, -0.25) is 9.59 Å². The molecule has 0 unspecified atom stereocenters. The molecule has 5 nitrogen and oxygen atoms in total. The van der Waals surface area contributed by atoms with E-state index in [1.54, 1.807) is 12.1 Å². The smallest absolute Gasteiger partial charge is 0.311 e. The van der Waals surface area contributed by atoms with Crippen LogP contribution in [0.25, 0.3) is 0 Å². The topological polar surface area (TPSA) is 69.6 Å². The molecule has 0 atom stereocenters. The Balaban J connectivity index is 2.02. The molecule has 1 aliphatic rings. The molecule has 0 radical (unpaired) electrons. The van der Waals surface area contributed by atoms with Crippen LogP contribution in [-0.2, 0) is 4.79 Å².